The Morgan fingerprint density at radius 3 is 2.38 bits per heavy atom. The van der Waals surface area contributed by atoms with Crippen molar-refractivity contribution in [3.05, 3.63) is 33.4 Å². The first-order valence-corrected chi connectivity index (χ1v) is 7.55. The molecule has 0 fully saturated rings. The third-order valence-corrected chi connectivity index (χ3v) is 4.25. The predicted molar refractivity (Wildman–Crippen MR) is 83.0 cm³/mol. The van der Waals surface area contributed by atoms with E-state index in [1.807, 2.05) is 39.4 Å². The van der Waals surface area contributed by atoms with E-state index in [0.29, 0.717) is 17.1 Å². The molecule has 0 unspecified atom stereocenters. The van der Waals surface area contributed by atoms with Crippen molar-refractivity contribution in [1.82, 2.24) is 19.6 Å². The maximum atomic E-state index is 12.6. The summed E-state index contributed by atoms with van der Waals surface area (Å²) in [6, 6.07) is 0. The number of nitrogens with zero attached hydrogens (tertiary/aromatic N) is 4. The minimum absolute atomic E-state index is 0.0391. The van der Waals surface area contributed by atoms with E-state index in [2.05, 4.69) is 10.2 Å². The van der Waals surface area contributed by atoms with E-state index < -0.39 is 0 Å². The number of aryl methyl sites for hydroxylation is 4. The first kappa shape index (κ1) is 15.8. The van der Waals surface area contributed by atoms with Crippen molar-refractivity contribution in [2.75, 3.05) is 0 Å². The molecule has 5 nitrogen and oxygen atoms in total. The maximum absolute atomic E-state index is 12.6. The van der Waals surface area contributed by atoms with Crippen LogP contribution in [0.3, 0.4) is 0 Å². The standard InChI is InChI=1S/C15H21ClN4O/c1-6-11-15(16)12(20(7-2)18-11)8-13(21)14-9(3)17-19(5)10(14)4/h6-8H2,1-5H3. The highest BCUT2D eigenvalue weighted by Crippen LogP contribution is 2.24. The van der Waals surface area contributed by atoms with Crippen molar-refractivity contribution in [1.29, 1.82) is 0 Å². The highest BCUT2D eigenvalue weighted by molar-refractivity contribution is 6.32. The molecular weight excluding hydrogens is 288 g/mol. The second-order valence-corrected chi connectivity index (χ2v) is 5.52. The Kier molecular flexibility index (Phi) is 4.52. The first-order valence-electron chi connectivity index (χ1n) is 7.18. The zero-order chi connectivity index (χ0) is 15.7. The van der Waals surface area contributed by atoms with Crippen molar-refractivity contribution in [2.45, 2.75) is 47.1 Å². The highest BCUT2D eigenvalue weighted by Gasteiger charge is 2.22. The normalized spacial score (nSPS) is 11.1. The van der Waals surface area contributed by atoms with E-state index in [1.54, 1.807) is 4.68 Å². The van der Waals surface area contributed by atoms with Gasteiger partial charge in [-0.3, -0.25) is 14.2 Å². The third-order valence-electron chi connectivity index (χ3n) is 3.81. The lowest BCUT2D eigenvalue weighted by Crippen LogP contribution is -2.11. The Bertz CT molecular complexity index is 684. The molecule has 0 radical (unpaired) electrons. The molecule has 0 aromatic carbocycles. The number of Topliss-reactive ketones (excluding diaryl/α,β-unsaturated/α-hetero) is 1. The number of hydrogen-bond acceptors (Lipinski definition) is 3. The Hall–Kier alpha value is -1.62. The van der Waals surface area contributed by atoms with Crippen LogP contribution >= 0.6 is 11.6 Å². The zero-order valence-corrected chi connectivity index (χ0v) is 14.0. The number of rotatable bonds is 5. The highest BCUT2D eigenvalue weighted by atomic mass is 35.5. The number of halogens is 1. The van der Waals surface area contributed by atoms with Gasteiger partial charge in [-0.1, -0.05) is 18.5 Å². The lowest BCUT2D eigenvalue weighted by Gasteiger charge is -2.05. The molecule has 0 aliphatic carbocycles. The van der Waals surface area contributed by atoms with E-state index in [-0.39, 0.29) is 12.2 Å². The summed E-state index contributed by atoms with van der Waals surface area (Å²) in [5, 5.41) is 9.37. The fourth-order valence-corrected chi connectivity index (χ4v) is 2.94. The van der Waals surface area contributed by atoms with Gasteiger partial charge >= 0.3 is 0 Å². The summed E-state index contributed by atoms with van der Waals surface area (Å²) in [6.07, 6.45) is 1.02. The summed E-state index contributed by atoms with van der Waals surface area (Å²) in [4.78, 5) is 12.6. The van der Waals surface area contributed by atoms with Crippen molar-refractivity contribution in [3.8, 4) is 0 Å². The molecule has 114 valence electrons. The Morgan fingerprint density at radius 1 is 1.24 bits per heavy atom. The average Bonchev–Trinajstić information content (AvgIpc) is 2.88. The molecule has 0 N–H and O–H groups in total. The molecule has 0 saturated heterocycles. The van der Waals surface area contributed by atoms with Gasteiger partial charge in [-0.2, -0.15) is 10.2 Å². The fourth-order valence-electron chi connectivity index (χ4n) is 2.60. The van der Waals surface area contributed by atoms with Gasteiger partial charge in [0.1, 0.15) is 0 Å². The van der Waals surface area contributed by atoms with Crippen LogP contribution in [0.5, 0.6) is 0 Å². The summed E-state index contributed by atoms with van der Waals surface area (Å²) in [5.74, 6) is 0.0391. The lowest BCUT2D eigenvalue weighted by molar-refractivity contribution is 0.0989. The predicted octanol–water partition coefficient (Wildman–Crippen LogP) is 2.89. The molecule has 0 aliphatic heterocycles. The van der Waals surface area contributed by atoms with Crippen LogP contribution in [0.2, 0.25) is 5.02 Å². The fraction of sp³-hybridized carbons (Fsp3) is 0.533. The molecule has 0 amide bonds. The summed E-state index contributed by atoms with van der Waals surface area (Å²) >= 11 is 6.37. The molecule has 0 aliphatic rings. The average molecular weight is 309 g/mol. The number of hydrogen-bond donors (Lipinski definition) is 0. The van der Waals surface area contributed by atoms with E-state index in [1.165, 1.54) is 0 Å². The largest absolute Gasteiger partial charge is 0.294 e. The minimum Gasteiger partial charge on any atom is -0.294 e. The SMILES string of the molecule is CCc1nn(CC)c(CC(=O)c2c(C)nn(C)c2C)c1Cl. The van der Waals surface area contributed by atoms with Crippen molar-refractivity contribution >= 4 is 17.4 Å². The number of ketones is 1. The van der Waals surface area contributed by atoms with Crippen LogP contribution in [0.4, 0.5) is 0 Å². The Morgan fingerprint density at radius 2 is 1.90 bits per heavy atom. The smallest absolute Gasteiger partial charge is 0.172 e. The van der Waals surface area contributed by atoms with E-state index in [9.17, 15) is 4.79 Å². The summed E-state index contributed by atoms with van der Waals surface area (Å²) in [5.41, 5.74) is 3.97. The molecule has 2 heterocycles. The van der Waals surface area contributed by atoms with Gasteiger partial charge in [0, 0.05) is 19.3 Å². The molecule has 21 heavy (non-hydrogen) atoms. The van der Waals surface area contributed by atoms with E-state index in [4.69, 9.17) is 11.6 Å². The van der Waals surface area contributed by atoms with Gasteiger partial charge in [-0.15, -0.1) is 0 Å². The molecule has 0 atom stereocenters. The maximum Gasteiger partial charge on any atom is 0.172 e. The summed E-state index contributed by atoms with van der Waals surface area (Å²) in [7, 11) is 1.84. The van der Waals surface area contributed by atoms with Gasteiger partial charge in [0.2, 0.25) is 0 Å². The van der Waals surface area contributed by atoms with Crippen molar-refractivity contribution in [3.63, 3.8) is 0 Å². The van der Waals surface area contributed by atoms with Crippen LogP contribution in [-0.4, -0.2) is 25.3 Å². The van der Waals surface area contributed by atoms with Gasteiger partial charge in [-0.25, -0.2) is 0 Å². The van der Waals surface area contributed by atoms with Crippen LogP contribution in [-0.2, 0) is 26.4 Å². The van der Waals surface area contributed by atoms with Gasteiger partial charge in [0.25, 0.3) is 0 Å². The number of carbonyl (C=O) groups excluding carboxylic acids is 1. The van der Waals surface area contributed by atoms with Crippen LogP contribution < -0.4 is 0 Å². The summed E-state index contributed by atoms with van der Waals surface area (Å²) < 4.78 is 3.55. The van der Waals surface area contributed by atoms with Crippen molar-refractivity contribution < 1.29 is 4.79 Å². The molecule has 0 bridgehead atoms. The first-order chi connectivity index (χ1) is 9.90. The summed E-state index contributed by atoms with van der Waals surface area (Å²) in [6.45, 7) is 8.47. The molecule has 2 aromatic heterocycles. The Balaban J connectivity index is 2.38. The van der Waals surface area contributed by atoms with E-state index >= 15 is 0 Å². The van der Waals surface area contributed by atoms with Gasteiger partial charge < -0.3 is 0 Å². The van der Waals surface area contributed by atoms with Gasteiger partial charge in [0.05, 0.1) is 34.1 Å². The molecule has 6 heteroatoms. The third kappa shape index (κ3) is 2.75. The second-order valence-electron chi connectivity index (χ2n) is 5.15. The number of carbonyl (C=O) groups is 1. The van der Waals surface area contributed by atoms with Crippen LogP contribution in [0.1, 0.15) is 47.0 Å². The monoisotopic (exact) mass is 308 g/mol. The second kappa shape index (κ2) is 6.02. The quantitative estimate of drug-likeness (QED) is 0.798. The molecular formula is C15H21ClN4O. The zero-order valence-electron chi connectivity index (χ0n) is 13.2. The van der Waals surface area contributed by atoms with Crippen LogP contribution in [0, 0.1) is 13.8 Å². The number of aromatic nitrogens is 4. The van der Waals surface area contributed by atoms with Gasteiger partial charge in [0.15, 0.2) is 5.78 Å². The molecule has 2 rings (SSSR count). The van der Waals surface area contributed by atoms with Crippen LogP contribution in [0.25, 0.3) is 0 Å². The van der Waals surface area contributed by atoms with Gasteiger partial charge in [-0.05, 0) is 27.2 Å². The minimum atomic E-state index is 0.0391. The topological polar surface area (TPSA) is 52.7 Å². The lowest BCUT2D eigenvalue weighted by atomic mass is 10.0. The Labute approximate surface area is 129 Å². The molecule has 2 aromatic rings. The van der Waals surface area contributed by atoms with E-state index in [0.717, 1.165) is 29.2 Å². The molecule has 0 spiro atoms. The molecule has 0 saturated carbocycles. The van der Waals surface area contributed by atoms with Crippen LogP contribution in [0.15, 0.2) is 0 Å². The van der Waals surface area contributed by atoms with Crippen molar-refractivity contribution in [2.24, 2.45) is 7.05 Å².